The average Bonchev–Trinajstić information content (AvgIpc) is 3.41. The van der Waals surface area contributed by atoms with Crippen molar-refractivity contribution in [1.29, 1.82) is 0 Å². The summed E-state index contributed by atoms with van der Waals surface area (Å²) in [5, 5.41) is 8.30. The molecule has 3 aromatic rings. The van der Waals surface area contributed by atoms with E-state index in [0.29, 0.717) is 24.7 Å². The summed E-state index contributed by atoms with van der Waals surface area (Å²) in [4.78, 5) is 19.1. The molecular formula is C20H23N5O2. The number of benzene rings is 1. The summed E-state index contributed by atoms with van der Waals surface area (Å²) >= 11 is 0. The van der Waals surface area contributed by atoms with Crippen molar-refractivity contribution in [2.45, 2.75) is 45.2 Å². The van der Waals surface area contributed by atoms with E-state index < -0.39 is 0 Å². The van der Waals surface area contributed by atoms with Crippen LogP contribution in [0, 0.1) is 6.92 Å². The third kappa shape index (κ3) is 4.07. The highest BCUT2D eigenvalue weighted by Crippen LogP contribution is 2.23. The average molecular weight is 365 g/mol. The molecule has 7 heteroatoms. The highest BCUT2D eigenvalue weighted by atomic mass is 16.5. The summed E-state index contributed by atoms with van der Waals surface area (Å²) in [7, 11) is 0. The number of hydrogen-bond acceptors (Lipinski definition) is 5. The second kappa shape index (κ2) is 7.73. The smallest absolute Gasteiger partial charge is 0.257 e. The largest absolute Gasteiger partial charge is 0.338 e. The van der Waals surface area contributed by atoms with Crippen molar-refractivity contribution in [3.8, 4) is 11.5 Å². The monoisotopic (exact) mass is 365 g/mol. The Kier molecular flexibility index (Phi) is 5.00. The number of nitrogens with zero attached hydrogens (tertiary/aromatic N) is 5. The first-order valence-corrected chi connectivity index (χ1v) is 9.35. The maximum Gasteiger partial charge on any atom is 0.257 e. The molecule has 1 aliphatic rings. The Labute approximate surface area is 158 Å². The molecule has 7 nitrogen and oxygen atoms in total. The number of aryl methyl sites for hydroxylation is 2. The predicted octanol–water partition coefficient (Wildman–Crippen LogP) is 2.87. The zero-order valence-corrected chi connectivity index (χ0v) is 15.4. The topological polar surface area (TPSA) is 77.0 Å². The van der Waals surface area contributed by atoms with E-state index >= 15 is 0 Å². The highest BCUT2D eigenvalue weighted by Gasteiger charge is 2.29. The summed E-state index contributed by atoms with van der Waals surface area (Å²) < 4.78 is 7.07. The maximum atomic E-state index is 12.7. The zero-order chi connectivity index (χ0) is 18.6. The number of rotatable bonds is 6. The second-order valence-electron chi connectivity index (χ2n) is 7.02. The summed E-state index contributed by atoms with van der Waals surface area (Å²) in [6.07, 6.45) is 7.27. The minimum Gasteiger partial charge on any atom is -0.338 e. The molecule has 0 saturated carbocycles. The molecule has 140 valence electrons. The molecule has 27 heavy (non-hydrogen) atoms. The molecule has 1 atom stereocenters. The van der Waals surface area contributed by atoms with Crippen molar-refractivity contribution in [3.05, 3.63) is 54.1 Å². The van der Waals surface area contributed by atoms with Crippen LogP contribution in [0.5, 0.6) is 0 Å². The molecule has 0 radical (unpaired) electrons. The van der Waals surface area contributed by atoms with Gasteiger partial charge in [0, 0.05) is 30.8 Å². The third-order valence-electron chi connectivity index (χ3n) is 4.95. The minimum absolute atomic E-state index is 0.124. The Bertz CT molecular complexity index is 902. The molecule has 1 saturated heterocycles. The summed E-state index contributed by atoms with van der Waals surface area (Å²) in [5.41, 5.74) is 1.98. The first-order chi connectivity index (χ1) is 13.2. The number of aromatic nitrogens is 4. The lowest BCUT2D eigenvalue weighted by atomic mass is 10.1. The lowest BCUT2D eigenvalue weighted by Crippen LogP contribution is -2.38. The molecule has 0 bridgehead atoms. The number of carbonyl (C=O) groups is 1. The van der Waals surface area contributed by atoms with Gasteiger partial charge in [-0.1, -0.05) is 23.4 Å². The first kappa shape index (κ1) is 17.5. The molecule has 1 aromatic carbocycles. The van der Waals surface area contributed by atoms with E-state index in [4.69, 9.17) is 4.52 Å². The van der Waals surface area contributed by atoms with Crippen LogP contribution in [0.2, 0.25) is 0 Å². The van der Waals surface area contributed by atoms with Gasteiger partial charge in [0.05, 0.1) is 6.20 Å². The summed E-state index contributed by atoms with van der Waals surface area (Å²) in [5.74, 6) is 1.36. The van der Waals surface area contributed by atoms with Gasteiger partial charge in [-0.2, -0.15) is 10.1 Å². The van der Waals surface area contributed by atoms with E-state index in [-0.39, 0.29) is 11.9 Å². The lowest BCUT2D eigenvalue weighted by Gasteiger charge is -2.24. The number of carbonyl (C=O) groups excluding carboxylic acids is 1. The maximum absolute atomic E-state index is 12.7. The van der Waals surface area contributed by atoms with Gasteiger partial charge in [0.2, 0.25) is 5.91 Å². The third-order valence-corrected chi connectivity index (χ3v) is 4.95. The minimum atomic E-state index is 0.124. The lowest BCUT2D eigenvalue weighted by molar-refractivity contribution is -0.132. The Morgan fingerprint density at radius 3 is 2.93 bits per heavy atom. The Balaban J connectivity index is 1.35. The van der Waals surface area contributed by atoms with Crippen LogP contribution in [0.15, 0.2) is 47.2 Å². The molecule has 1 fully saturated rings. The molecule has 1 unspecified atom stereocenters. The van der Waals surface area contributed by atoms with E-state index in [1.807, 2.05) is 48.4 Å². The van der Waals surface area contributed by atoms with Gasteiger partial charge in [0.25, 0.3) is 5.89 Å². The van der Waals surface area contributed by atoms with E-state index in [1.165, 1.54) is 0 Å². The molecular weight excluding hydrogens is 342 g/mol. The van der Waals surface area contributed by atoms with Gasteiger partial charge in [0.1, 0.15) is 6.54 Å². The van der Waals surface area contributed by atoms with Gasteiger partial charge in [-0.25, -0.2) is 0 Å². The van der Waals surface area contributed by atoms with Crippen molar-refractivity contribution in [2.24, 2.45) is 0 Å². The van der Waals surface area contributed by atoms with Crippen molar-refractivity contribution < 1.29 is 9.32 Å². The van der Waals surface area contributed by atoms with E-state index in [9.17, 15) is 4.79 Å². The number of hydrogen-bond donors (Lipinski definition) is 0. The standard InChI is InChI=1S/C20H23N5O2/c1-15-12-21-24(13-15)14-19(26)25-11-5-8-17(25)9-10-18-22-20(27-23-18)16-6-3-2-4-7-16/h2-4,6-7,12-13,17H,5,8-11,14H2,1H3. The van der Waals surface area contributed by atoms with Gasteiger partial charge in [0.15, 0.2) is 5.82 Å². The second-order valence-corrected chi connectivity index (χ2v) is 7.02. The predicted molar refractivity (Wildman–Crippen MR) is 99.8 cm³/mol. The van der Waals surface area contributed by atoms with E-state index in [2.05, 4.69) is 15.2 Å². The van der Waals surface area contributed by atoms with Gasteiger partial charge >= 0.3 is 0 Å². The van der Waals surface area contributed by atoms with Gasteiger partial charge in [-0.3, -0.25) is 9.48 Å². The molecule has 3 heterocycles. The summed E-state index contributed by atoms with van der Waals surface area (Å²) in [6.45, 7) is 3.08. The van der Waals surface area contributed by atoms with Gasteiger partial charge in [-0.15, -0.1) is 0 Å². The fourth-order valence-corrected chi connectivity index (χ4v) is 3.60. The molecule has 0 spiro atoms. The SMILES string of the molecule is Cc1cnn(CC(=O)N2CCCC2CCc2noc(-c3ccccc3)n2)c1. The Morgan fingerprint density at radius 2 is 2.15 bits per heavy atom. The van der Waals surface area contributed by atoms with Crippen molar-refractivity contribution in [3.63, 3.8) is 0 Å². The van der Waals surface area contributed by atoms with E-state index in [1.54, 1.807) is 10.9 Å². The fraction of sp³-hybridized carbons (Fsp3) is 0.400. The zero-order valence-electron chi connectivity index (χ0n) is 15.4. The molecule has 0 aliphatic carbocycles. The fourth-order valence-electron chi connectivity index (χ4n) is 3.60. The van der Waals surface area contributed by atoms with Crippen molar-refractivity contribution in [1.82, 2.24) is 24.8 Å². The van der Waals surface area contributed by atoms with Gasteiger partial charge < -0.3 is 9.42 Å². The summed E-state index contributed by atoms with van der Waals surface area (Å²) in [6, 6.07) is 9.98. The number of amides is 1. The van der Waals surface area contributed by atoms with Gasteiger partial charge in [-0.05, 0) is 43.9 Å². The van der Waals surface area contributed by atoms with Crippen molar-refractivity contribution in [2.75, 3.05) is 6.54 Å². The molecule has 1 amide bonds. The van der Waals surface area contributed by atoms with Crippen molar-refractivity contribution >= 4 is 5.91 Å². The van der Waals surface area contributed by atoms with Crippen LogP contribution in [0.3, 0.4) is 0 Å². The molecule has 1 aliphatic heterocycles. The molecule has 4 rings (SSSR count). The normalized spacial score (nSPS) is 16.8. The van der Waals surface area contributed by atoms with Crippen LogP contribution in [0.4, 0.5) is 0 Å². The molecule has 0 N–H and O–H groups in total. The van der Waals surface area contributed by atoms with E-state index in [0.717, 1.165) is 36.9 Å². The van der Waals surface area contributed by atoms with Crippen LogP contribution < -0.4 is 0 Å². The Hall–Kier alpha value is -2.96. The number of likely N-dealkylation sites (tertiary alicyclic amines) is 1. The van der Waals surface area contributed by atoms with Crippen LogP contribution in [0.25, 0.3) is 11.5 Å². The highest BCUT2D eigenvalue weighted by molar-refractivity contribution is 5.76. The van der Waals surface area contributed by atoms with Crippen LogP contribution in [0.1, 0.15) is 30.7 Å². The van der Waals surface area contributed by atoms with Crippen LogP contribution >= 0.6 is 0 Å². The first-order valence-electron chi connectivity index (χ1n) is 9.35. The van der Waals surface area contributed by atoms with Crippen LogP contribution in [-0.2, 0) is 17.8 Å². The van der Waals surface area contributed by atoms with Crippen LogP contribution in [-0.4, -0.2) is 43.3 Å². The Morgan fingerprint density at radius 1 is 1.30 bits per heavy atom. The quantitative estimate of drug-likeness (QED) is 0.671. The molecule has 2 aromatic heterocycles.